The fraction of sp³-hybridized carbons (Fsp3) is 0.111. The van der Waals surface area contributed by atoms with Crippen molar-refractivity contribution in [2.45, 2.75) is 4.90 Å². The van der Waals surface area contributed by atoms with Gasteiger partial charge in [0.2, 0.25) is 0 Å². The Kier molecular flexibility index (Phi) is 4.51. The molecule has 0 bridgehead atoms. The lowest BCUT2D eigenvalue weighted by molar-refractivity contribution is 0.483. The van der Waals surface area contributed by atoms with E-state index in [0.29, 0.717) is 10.9 Å². The summed E-state index contributed by atoms with van der Waals surface area (Å²) in [6.07, 6.45) is 3.43. The number of amidine groups is 1. The number of aliphatic imine (C=N–C) groups is 1. The smallest absolute Gasteiger partial charge is 0.282 e. The summed E-state index contributed by atoms with van der Waals surface area (Å²) in [5, 5.41) is 11.1. The van der Waals surface area contributed by atoms with Crippen LogP contribution in [0.25, 0.3) is 0 Å². The zero-order chi connectivity index (χ0) is 12.9. The minimum Gasteiger partial charge on any atom is -0.282 e. The third-order valence-electron chi connectivity index (χ3n) is 1.70. The summed E-state index contributed by atoms with van der Waals surface area (Å²) in [6, 6.07) is 5.48. The highest BCUT2D eigenvalue weighted by atomic mass is 32.2. The van der Waals surface area contributed by atoms with E-state index in [1.807, 2.05) is 0 Å². The number of nitrogens with one attached hydrogen (secondary N) is 1. The number of thioether (sulfide) groups is 1. The van der Waals surface area contributed by atoms with Crippen LogP contribution in [0, 0.1) is 11.5 Å². The second-order valence-electron chi connectivity index (χ2n) is 2.83. The van der Waals surface area contributed by atoms with Gasteiger partial charge in [-0.3, -0.25) is 9.87 Å². The van der Waals surface area contributed by atoms with Crippen LogP contribution in [0.5, 0.6) is 0 Å². The Hall–Kier alpha value is -1.56. The molecule has 0 aliphatic carbocycles. The highest BCUT2D eigenvalue weighted by Gasteiger charge is 2.09. The summed E-state index contributed by atoms with van der Waals surface area (Å²) >= 11 is 1.21. The van der Waals surface area contributed by atoms with Crippen LogP contribution in [0.4, 0.5) is 5.69 Å². The monoisotopic (exact) mass is 271 g/mol. The zero-order valence-corrected chi connectivity index (χ0v) is 10.4. The third kappa shape index (κ3) is 4.07. The highest BCUT2D eigenvalue weighted by Crippen LogP contribution is 2.18. The number of benzene rings is 1. The first-order valence-electron chi connectivity index (χ1n) is 4.32. The van der Waals surface area contributed by atoms with Crippen LogP contribution in [0.2, 0.25) is 0 Å². The van der Waals surface area contributed by atoms with Crippen molar-refractivity contribution in [1.29, 1.82) is 5.26 Å². The molecule has 0 fully saturated rings. The predicted octanol–water partition coefficient (Wildman–Crippen LogP) is 1.35. The molecule has 0 aliphatic heterocycles. The number of rotatable bonds is 2. The molecule has 0 heterocycles. The number of hydrogen-bond acceptors (Lipinski definition) is 5. The molecule has 0 saturated carbocycles. The number of hydrogen-bond donors (Lipinski definition) is 2. The maximum absolute atomic E-state index is 10.9. The standard InChI is InChI=1S/C9H9N3O3S2/c1-16-9(11-6-10)12-7-3-2-4-8(5-7)17(13,14)15/h2-5H,1H3,(H,11,12)(H,13,14,15). The molecular formula is C9H9N3O3S2. The van der Waals surface area contributed by atoms with Gasteiger partial charge in [-0.05, 0) is 24.5 Å². The number of nitrogens with zero attached hydrogens (tertiary/aromatic N) is 2. The first kappa shape index (κ1) is 13.5. The fourth-order valence-corrected chi connectivity index (χ4v) is 1.87. The van der Waals surface area contributed by atoms with Gasteiger partial charge in [-0.2, -0.15) is 13.7 Å². The molecule has 2 N–H and O–H groups in total. The Morgan fingerprint density at radius 1 is 1.59 bits per heavy atom. The van der Waals surface area contributed by atoms with Crippen LogP contribution in [-0.2, 0) is 10.1 Å². The van der Waals surface area contributed by atoms with Crippen molar-refractivity contribution in [3.8, 4) is 6.19 Å². The van der Waals surface area contributed by atoms with Crippen LogP contribution in [0.15, 0.2) is 34.2 Å². The van der Waals surface area contributed by atoms with Crippen molar-refractivity contribution in [1.82, 2.24) is 5.32 Å². The Morgan fingerprint density at radius 3 is 2.82 bits per heavy atom. The molecule has 0 unspecified atom stereocenters. The maximum atomic E-state index is 10.9. The first-order chi connectivity index (χ1) is 7.97. The van der Waals surface area contributed by atoms with Gasteiger partial charge in [0.25, 0.3) is 10.1 Å². The summed E-state index contributed by atoms with van der Waals surface area (Å²) in [7, 11) is -4.24. The van der Waals surface area contributed by atoms with Crippen LogP contribution >= 0.6 is 11.8 Å². The summed E-state index contributed by atoms with van der Waals surface area (Å²) in [4.78, 5) is 3.77. The van der Waals surface area contributed by atoms with E-state index < -0.39 is 10.1 Å². The van der Waals surface area contributed by atoms with E-state index >= 15 is 0 Å². The van der Waals surface area contributed by atoms with E-state index in [2.05, 4.69) is 10.3 Å². The highest BCUT2D eigenvalue weighted by molar-refractivity contribution is 8.13. The molecule has 1 rings (SSSR count). The molecule has 90 valence electrons. The molecule has 0 atom stereocenters. The lowest BCUT2D eigenvalue weighted by Crippen LogP contribution is -2.12. The Balaban J connectivity index is 3.13. The Labute approximate surface area is 103 Å². The third-order valence-corrected chi connectivity index (χ3v) is 3.13. The molecule has 0 aromatic heterocycles. The maximum Gasteiger partial charge on any atom is 0.294 e. The van der Waals surface area contributed by atoms with Crippen LogP contribution in [0.3, 0.4) is 0 Å². The average Bonchev–Trinajstić information content (AvgIpc) is 2.28. The lowest BCUT2D eigenvalue weighted by atomic mass is 10.3. The van der Waals surface area contributed by atoms with Gasteiger partial charge in [0.15, 0.2) is 11.4 Å². The first-order valence-corrected chi connectivity index (χ1v) is 6.99. The summed E-state index contributed by atoms with van der Waals surface area (Å²) in [5.41, 5.74) is 0.326. The predicted molar refractivity (Wildman–Crippen MR) is 65.6 cm³/mol. The second-order valence-corrected chi connectivity index (χ2v) is 5.05. The van der Waals surface area contributed by atoms with Crippen molar-refractivity contribution in [3.05, 3.63) is 24.3 Å². The van der Waals surface area contributed by atoms with E-state index in [0.717, 1.165) is 0 Å². The molecule has 0 saturated heterocycles. The molecule has 1 aromatic carbocycles. The van der Waals surface area contributed by atoms with Gasteiger partial charge >= 0.3 is 0 Å². The minimum absolute atomic E-state index is 0.240. The van der Waals surface area contributed by atoms with Crippen molar-refractivity contribution in [3.63, 3.8) is 0 Å². The van der Waals surface area contributed by atoms with Crippen LogP contribution < -0.4 is 5.32 Å². The molecule has 0 spiro atoms. The van der Waals surface area contributed by atoms with Gasteiger partial charge in [0, 0.05) is 0 Å². The van der Waals surface area contributed by atoms with Gasteiger partial charge in [-0.15, -0.1) is 0 Å². The minimum atomic E-state index is -4.24. The largest absolute Gasteiger partial charge is 0.294 e. The molecule has 0 aliphatic rings. The van der Waals surface area contributed by atoms with E-state index in [1.165, 1.54) is 30.0 Å². The van der Waals surface area contributed by atoms with Gasteiger partial charge in [-0.25, -0.2) is 4.99 Å². The summed E-state index contributed by atoms with van der Waals surface area (Å²) in [6.45, 7) is 0. The molecule has 0 radical (unpaired) electrons. The molecule has 1 aromatic rings. The number of nitriles is 1. The summed E-state index contributed by atoms with van der Waals surface area (Å²) in [5.74, 6) is 0. The molecule has 6 nitrogen and oxygen atoms in total. The zero-order valence-electron chi connectivity index (χ0n) is 8.78. The van der Waals surface area contributed by atoms with Crippen molar-refractivity contribution < 1.29 is 13.0 Å². The molecular weight excluding hydrogens is 262 g/mol. The van der Waals surface area contributed by atoms with Crippen molar-refractivity contribution >= 4 is 32.7 Å². The van der Waals surface area contributed by atoms with E-state index in [4.69, 9.17) is 9.81 Å². The van der Waals surface area contributed by atoms with Crippen LogP contribution in [0.1, 0.15) is 0 Å². The van der Waals surface area contributed by atoms with Gasteiger partial charge in [0.1, 0.15) is 0 Å². The normalized spacial score (nSPS) is 11.9. The van der Waals surface area contributed by atoms with E-state index in [-0.39, 0.29) is 4.90 Å². The molecule has 0 amide bonds. The van der Waals surface area contributed by atoms with Gasteiger partial charge in [-0.1, -0.05) is 17.8 Å². The quantitative estimate of drug-likeness (QED) is 0.277. The van der Waals surface area contributed by atoms with Crippen molar-refractivity contribution in [2.24, 2.45) is 4.99 Å². The molecule has 17 heavy (non-hydrogen) atoms. The van der Waals surface area contributed by atoms with E-state index in [1.54, 1.807) is 18.5 Å². The second kappa shape index (κ2) is 5.67. The average molecular weight is 271 g/mol. The fourth-order valence-electron chi connectivity index (χ4n) is 1.00. The van der Waals surface area contributed by atoms with Gasteiger partial charge in [0.05, 0.1) is 10.6 Å². The van der Waals surface area contributed by atoms with E-state index in [9.17, 15) is 8.42 Å². The summed E-state index contributed by atoms with van der Waals surface area (Å²) < 4.78 is 30.7. The Bertz CT molecular complexity index is 575. The molecule has 8 heteroatoms. The Morgan fingerprint density at radius 2 is 2.29 bits per heavy atom. The SMILES string of the molecule is CSC(=Nc1cccc(S(=O)(=O)O)c1)NC#N. The van der Waals surface area contributed by atoms with Gasteiger partial charge < -0.3 is 0 Å². The van der Waals surface area contributed by atoms with Crippen LogP contribution in [-0.4, -0.2) is 24.4 Å². The lowest BCUT2D eigenvalue weighted by Gasteiger charge is -2.01. The van der Waals surface area contributed by atoms with Crippen molar-refractivity contribution in [2.75, 3.05) is 6.26 Å². The topological polar surface area (TPSA) is 103 Å².